The lowest BCUT2D eigenvalue weighted by atomic mass is 9.77. The fourth-order valence-corrected chi connectivity index (χ4v) is 4.81. The minimum atomic E-state index is -0.128. The van der Waals surface area contributed by atoms with E-state index in [1.807, 2.05) is 0 Å². The van der Waals surface area contributed by atoms with Crippen LogP contribution in [0.1, 0.15) is 129 Å². The highest BCUT2D eigenvalue weighted by atomic mass is 16.3. The molecule has 0 fully saturated rings. The van der Waals surface area contributed by atoms with E-state index in [1.165, 1.54) is 11.1 Å². The first-order valence-corrected chi connectivity index (χ1v) is 13.6. The Morgan fingerprint density at radius 2 is 0.750 bits per heavy atom. The van der Waals surface area contributed by atoms with E-state index in [9.17, 15) is 10.2 Å². The smallest absolute Gasteiger partial charge is 0.123 e. The van der Waals surface area contributed by atoms with Crippen molar-refractivity contribution in [3.63, 3.8) is 0 Å². The van der Waals surface area contributed by atoms with Gasteiger partial charge < -0.3 is 15.9 Å². The maximum Gasteiger partial charge on any atom is 0.123 e. The van der Waals surface area contributed by atoms with Crippen LogP contribution in [0.5, 0.6) is 11.5 Å². The molecule has 0 spiro atoms. The van der Waals surface area contributed by atoms with E-state index in [0.717, 1.165) is 47.9 Å². The Morgan fingerprint density at radius 1 is 0.528 bits per heavy atom. The van der Waals surface area contributed by atoms with Crippen molar-refractivity contribution in [1.29, 1.82) is 0 Å². The number of nitrogens with two attached hydrogens (primary N) is 1. The average Bonchev–Trinajstić information content (AvgIpc) is 2.68. The number of hydrogen-bond acceptors (Lipinski definition) is 3. The largest absolute Gasteiger partial charge is 0.507 e. The summed E-state index contributed by atoms with van der Waals surface area (Å²) in [6, 6.07) is 8.76. The van der Waals surface area contributed by atoms with Crippen molar-refractivity contribution in [3.05, 3.63) is 57.6 Å². The van der Waals surface area contributed by atoms with E-state index in [2.05, 4.69) is 107 Å². The Bertz CT molecular complexity index is 898. The fraction of sp³-hybridized carbons (Fsp3) is 0.636. The normalized spacial score (nSPS) is 13.5. The number of phenols is 2. The second-order valence-electron chi connectivity index (χ2n) is 14.9. The first kappa shape index (κ1) is 30.2. The van der Waals surface area contributed by atoms with Gasteiger partial charge in [-0.05, 0) is 80.7 Å². The Morgan fingerprint density at radius 3 is 0.944 bits per heavy atom. The molecule has 0 aliphatic heterocycles. The van der Waals surface area contributed by atoms with Crippen LogP contribution in [-0.2, 0) is 34.5 Å². The van der Waals surface area contributed by atoms with Gasteiger partial charge in [0.25, 0.3) is 0 Å². The SMILES string of the molecule is CC(C)(C)c1cc(CCC(N)CCc2cc(C(C)(C)C)c(O)c(C(C)(C)C)c2)cc(C(C)(C)C)c1O. The van der Waals surface area contributed by atoms with Crippen LogP contribution in [0.4, 0.5) is 0 Å². The van der Waals surface area contributed by atoms with Gasteiger partial charge in [-0.25, -0.2) is 0 Å². The average molecular weight is 496 g/mol. The van der Waals surface area contributed by atoms with Gasteiger partial charge in [0.1, 0.15) is 11.5 Å². The summed E-state index contributed by atoms with van der Waals surface area (Å²) >= 11 is 0. The lowest BCUT2D eigenvalue weighted by Gasteiger charge is -2.28. The highest BCUT2D eigenvalue weighted by Crippen LogP contribution is 2.41. The van der Waals surface area contributed by atoms with E-state index in [1.54, 1.807) is 0 Å². The Kier molecular flexibility index (Phi) is 8.73. The monoisotopic (exact) mass is 495 g/mol. The van der Waals surface area contributed by atoms with Crippen LogP contribution in [0.25, 0.3) is 0 Å². The second kappa shape index (κ2) is 10.4. The topological polar surface area (TPSA) is 66.5 Å². The van der Waals surface area contributed by atoms with Crippen molar-refractivity contribution in [1.82, 2.24) is 0 Å². The molecule has 3 heteroatoms. The number of rotatable bonds is 6. The molecule has 0 aromatic heterocycles. The molecular formula is C33H53NO2. The predicted molar refractivity (Wildman–Crippen MR) is 156 cm³/mol. The molecule has 202 valence electrons. The Balaban J connectivity index is 2.23. The summed E-state index contributed by atoms with van der Waals surface area (Å²) in [6.07, 6.45) is 3.58. The molecule has 2 aromatic rings. The lowest BCUT2D eigenvalue weighted by molar-refractivity contribution is 0.422. The molecule has 0 radical (unpaired) electrons. The van der Waals surface area contributed by atoms with Crippen molar-refractivity contribution in [2.75, 3.05) is 0 Å². The molecule has 36 heavy (non-hydrogen) atoms. The van der Waals surface area contributed by atoms with Crippen molar-refractivity contribution < 1.29 is 10.2 Å². The molecule has 0 aliphatic carbocycles. The summed E-state index contributed by atoms with van der Waals surface area (Å²) in [5.74, 6) is 0.861. The van der Waals surface area contributed by atoms with Gasteiger partial charge in [0.2, 0.25) is 0 Å². The van der Waals surface area contributed by atoms with E-state index >= 15 is 0 Å². The number of hydrogen-bond donors (Lipinski definition) is 3. The zero-order valence-corrected chi connectivity index (χ0v) is 25.2. The van der Waals surface area contributed by atoms with Crippen molar-refractivity contribution in [3.8, 4) is 11.5 Å². The van der Waals surface area contributed by atoms with Gasteiger partial charge in [-0.3, -0.25) is 0 Å². The minimum Gasteiger partial charge on any atom is -0.507 e. The molecule has 4 N–H and O–H groups in total. The van der Waals surface area contributed by atoms with Crippen LogP contribution >= 0.6 is 0 Å². The van der Waals surface area contributed by atoms with Gasteiger partial charge >= 0.3 is 0 Å². The molecule has 0 saturated heterocycles. The van der Waals surface area contributed by atoms with Gasteiger partial charge in [-0.1, -0.05) is 107 Å². The maximum absolute atomic E-state index is 11.0. The van der Waals surface area contributed by atoms with Crippen molar-refractivity contribution in [2.45, 2.75) is 136 Å². The number of aryl methyl sites for hydroxylation is 2. The highest BCUT2D eigenvalue weighted by Gasteiger charge is 2.28. The van der Waals surface area contributed by atoms with E-state index in [-0.39, 0.29) is 27.7 Å². The predicted octanol–water partition coefficient (Wildman–Crippen LogP) is 8.18. The highest BCUT2D eigenvalue weighted by molar-refractivity contribution is 5.51. The standard InChI is InChI=1S/C33H53NO2/c1-30(2,3)24-17-21(18-25(28(24)35)31(4,5)6)13-15-23(34)16-14-22-19-26(32(7,8)9)29(36)27(20-22)33(10,11)12/h17-20,23,35-36H,13-16,34H2,1-12H3. The summed E-state index contributed by atoms with van der Waals surface area (Å²) < 4.78 is 0. The van der Waals surface area contributed by atoms with Gasteiger partial charge in [0.15, 0.2) is 0 Å². The van der Waals surface area contributed by atoms with Crippen molar-refractivity contribution >= 4 is 0 Å². The summed E-state index contributed by atoms with van der Waals surface area (Å²) in [4.78, 5) is 0. The quantitative estimate of drug-likeness (QED) is 0.378. The molecule has 2 rings (SSSR count). The summed E-state index contributed by atoms with van der Waals surface area (Å²) in [6.45, 7) is 25.8. The summed E-state index contributed by atoms with van der Waals surface area (Å²) in [7, 11) is 0. The van der Waals surface area contributed by atoms with Crippen LogP contribution in [0.2, 0.25) is 0 Å². The Hall–Kier alpha value is -2.00. The van der Waals surface area contributed by atoms with Crippen LogP contribution < -0.4 is 5.73 Å². The van der Waals surface area contributed by atoms with Crippen molar-refractivity contribution in [2.24, 2.45) is 5.73 Å². The molecule has 3 nitrogen and oxygen atoms in total. The van der Waals surface area contributed by atoms with Crippen LogP contribution in [0, 0.1) is 0 Å². The lowest BCUT2D eigenvalue weighted by Crippen LogP contribution is -2.23. The van der Waals surface area contributed by atoms with Crippen LogP contribution in [0.3, 0.4) is 0 Å². The van der Waals surface area contributed by atoms with Gasteiger partial charge in [0, 0.05) is 6.04 Å². The third-order valence-corrected chi connectivity index (χ3v) is 7.18. The zero-order valence-electron chi connectivity index (χ0n) is 25.2. The first-order chi connectivity index (χ1) is 16.1. The molecule has 0 amide bonds. The third kappa shape index (κ3) is 7.51. The number of phenolic OH excluding ortho intramolecular Hbond substituents is 2. The fourth-order valence-electron chi connectivity index (χ4n) is 4.81. The summed E-state index contributed by atoms with van der Waals surface area (Å²) in [5, 5.41) is 22.0. The maximum atomic E-state index is 11.0. The summed E-state index contributed by atoms with van der Waals surface area (Å²) in [5.41, 5.74) is 12.6. The van der Waals surface area contributed by atoms with Crippen LogP contribution in [0.15, 0.2) is 24.3 Å². The molecule has 0 aliphatic rings. The third-order valence-electron chi connectivity index (χ3n) is 7.18. The molecular weight excluding hydrogens is 442 g/mol. The van der Waals surface area contributed by atoms with E-state index < -0.39 is 0 Å². The molecule has 2 aromatic carbocycles. The molecule has 0 saturated carbocycles. The molecule has 0 bridgehead atoms. The zero-order chi connectivity index (χ0) is 27.9. The van der Waals surface area contributed by atoms with E-state index in [0.29, 0.717) is 11.5 Å². The first-order valence-electron chi connectivity index (χ1n) is 13.6. The van der Waals surface area contributed by atoms with Gasteiger partial charge in [0.05, 0.1) is 0 Å². The Labute approximate surface area is 221 Å². The number of benzene rings is 2. The second-order valence-corrected chi connectivity index (χ2v) is 14.9. The van der Waals surface area contributed by atoms with Crippen LogP contribution in [-0.4, -0.2) is 16.3 Å². The molecule has 0 heterocycles. The van der Waals surface area contributed by atoms with E-state index in [4.69, 9.17) is 5.73 Å². The van der Waals surface area contributed by atoms with Gasteiger partial charge in [-0.15, -0.1) is 0 Å². The minimum absolute atomic E-state index is 0.0833. The van der Waals surface area contributed by atoms with Gasteiger partial charge in [-0.2, -0.15) is 0 Å². The molecule has 0 atom stereocenters. The number of aromatic hydroxyl groups is 2. The molecule has 0 unspecified atom stereocenters.